The van der Waals surface area contributed by atoms with Crippen LogP contribution in [0.5, 0.6) is 5.75 Å². The van der Waals surface area contributed by atoms with Crippen molar-refractivity contribution in [3.05, 3.63) is 70.3 Å². The van der Waals surface area contributed by atoms with Gasteiger partial charge in [0.25, 0.3) is 0 Å². The lowest BCUT2D eigenvalue weighted by atomic mass is 9.93. The van der Waals surface area contributed by atoms with Crippen molar-refractivity contribution < 1.29 is 32.1 Å². The van der Waals surface area contributed by atoms with Crippen LogP contribution in [-0.4, -0.2) is 30.5 Å². The highest BCUT2D eigenvalue weighted by atomic mass is 35.5. The molecular weight excluding hydrogens is 454 g/mol. The molecule has 31 heavy (non-hydrogen) atoms. The number of ether oxygens (including phenoxy) is 1. The summed E-state index contributed by atoms with van der Waals surface area (Å²) in [5.41, 5.74) is 5.04. The van der Waals surface area contributed by atoms with Gasteiger partial charge in [-0.15, -0.1) is 4.52 Å². The molecule has 0 aliphatic carbocycles. The smallest absolute Gasteiger partial charge is 0.489 e. The first-order valence-electron chi connectivity index (χ1n) is 9.30. The Hall–Kier alpha value is -1.96. The Morgan fingerprint density at radius 2 is 1.97 bits per heavy atom. The number of alkyl halides is 3. The van der Waals surface area contributed by atoms with E-state index >= 15 is 0 Å². The number of benzene rings is 2. The van der Waals surface area contributed by atoms with E-state index in [0.717, 1.165) is 11.6 Å². The molecule has 2 aromatic carbocycles. The molecule has 3 N–H and O–H groups in total. The summed E-state index contributed by atoms with van der Waals surface area (Å²) in [6, 6.07) is 10.8. The van der Waals surface area contributed by atoms with Crippen molar-refractivity contribution >= 4 is 26.4 Å². The first-order valence-corrected chi connectivity index (χ1v) is 10.5. The van der Waals surface area contributed by atoms with E-state index in [0.29, 0.717) is 10.6 Å². The Balaban J connectivity index is 2.08. The van der Waals surface area contributed by atoms with Gasteiger partial charge in [-0.2, -0.15) is 13.2 Å². The molecule has 0 saturated carbocycles. The van der Waals surface area contributed by atoms with Crippen molar-refractivity contribution in [2.75, 3.05) is 19.8 Å². The van der Waals surface area contributed by atoms with Gasteiger partial charge in [0.1, 0.15) is 19.0 Å². The van der Waals surface area contributed by atoms with E-state index in [-0.39, 0.29) is 31.8 Å². The normalized spacial score (nSPS) is 14.1. The number of aliphatic hydroxyl groups is 1. The third-order valence-corrected chi connectivity index (χ3v) is 4.99. The van der Waals surface area contributed by atoms with Crippen molar-refractivity contribution in [3.8, 4) is 5.75 Å². The van der Waals surface area contributed by atoms with Crippen molar-refractivity contribution in [2.45, 2.75) is 24.6 Å². The maximum absolute atomic E-state index is 13.5. The number of hydrogen-bond acceptors (Lipinski definition) is 5. The molecule has 0 spiro atoms. The lowest BCUT2D eigenvalue weighted by Gasteiger charge is -2.24. The first kappa shape index (κ1) is 25.3. The zero-order valence-electron chi connectivity index (χ0n) is 16.5. The minimum Gasteiger partial charge on any atom is -0.489 e. The summed E-state index contributed by atoms with van der Waals surface area (Å²) in [4.78, 5) is 0. The van der Waals surface area contributed by atoms with E-state index in [1.54, 1.807) is 30.4 Å². The van der Waals surface area contributed by atoms with Gasteiger partial charge in [-0.05, 0) is 58.9 Å². The molecule has 0 aliphatic rings. The van der Waals surface area contributed by atoms with E-state index < -0.39 is 32.6 Å². The summed E-state index contributed by atoms with van der Waals surface area (Å²) in [5.74, 6) is -0.288. The first-order chi connectivity index (χ1) is 14.7. The molecule has 0 aromatic heterocycles. The van der Waals surface area contributed by atoms with Crippen LogP contribution in [0.4, 0.5) is 13.2 Å². The molecule has 0 fully saturated rings. The maximum atomic E-state index is 13.5. The summed E-state index contributed by atoms with van der Waals surface area (Å²) in [6.45, 7) is -0.680. The Morgan fingerprint density at radius 1 is 1.19 bits per heavy atom. The van der Waals surface area contributed by atoms with Gasteiger partial charge in [0.15, 0.2) is 0 Å². The van der Waals surface area contributed by atoms with Crippen LogP contribution in [0.15, 0.2) is 48.5 Å². The molecule has 168 valence electrons. The third kappa shape index (κ3) is 8.24. The molecule has 5 nitrogen and oxygen atoms in total. The standard InChI is InChI=1S/C21H23ClF3NO4P/c22-17-5-1-3-15(11-17)4-2-10-29-19-7-6-16(12-18(19)21(23,24)25)8-9-20(26,13-27)14-30-31-28/h1-7,11-12,27,31H,8-10,13-14,26H2/q+1. The van der Waals surface area contributed by atoms with Gasteiger partial charge in [-0.25, -0.2) is 0 Å². The maximum Gasteiger partial charge on any atom is 0.494 e. The van der Waals surface area contributed by atoms with Crippen molar-refractivity contribution in [1.82, 2.24) is 0 Å². The molecule has 2 unspecified atom stereocenters. The fourth-order valence-electron chi connectivity index (χ4n) is 2.78. The summed E-state index contributed by atoms with van der Waals surface area (Å²) in [5, 5.41) is 9.97. The number of aryl methyl sites for hydroxylation is 1. The average molecular weight is 477 g/mol. The SMILES string of the molecule is NC(CO)(CCc1ccc(OCC=Cc2cccc(Cl)c2)c(C(F)(F)F)c1)CO[PH+]=O. The molecule has 0 radical (unpaired) electrons. The van der Waals surface area contributed by atoms with Gasteiger partial charge in [0.2, 0.25) is 0 Å². The Bertz CT molecular complexity index is 910. The van der Waals surface area contributed by atoms with Gasteiger partial charge in [0.05, 0.1) is 17.7 Å². The molecule has 2 aromatic rings. The Morgan fingerprint density at radius 3 is 2.61 bits per heavy atom. The van der Waals surface area contributed by atoms with Gasteiger partial charge < -0.3 is 15.6 Å². The number of aliphatic hydroxyl groups excluding tert-OH is 1. The molecule has 0 saturated heterocycles. The van der Waals surface area contributed by atoms with Crippen LogP contribution in [-0.2, 0) is 21.7 Å². The number of halogens is 4. The Kier molecular flexibility index (Phi) is 9.47. The van der Waals surface area contributed by atoms with Crippen molar-refractivity contribution in [1.29, 1.82) is 0 Å². The zero-order chi connectivity index (χ0) is 22.9. The molecule has 2 atom stereocenters. The number of rotatable bonds is 11. The second-order valence-electron chi connectivity index (χ2n) is 6.99. The number of hydrogen-bond donors (Lipinski definition) is 2. The lowest BCUT2D eigenvalue weighted by molar-refractivity contribution is -0.138. The third-order valence-electron chi connectivity index (χ3n) is 4.49. The molecule has 0 heterocycles. The van der Waals surface area contributed by atoms with E-state index in [4.69, 9.17) is 26.6 Å². The molecular formula is C21H23ClF3NO4P+. The van der Waals surface area contributed by atoms with Crippen molar-refractivity contribution in [2.24, 2.45) is 5.73 Å². The van der Waals surface area contributed by atoms with E-state index in [1.807, 2.05) is 6.07 Å². The topological polar surface area (TPSA) is 81.8 Å². The predicted octanol–water partition coefficient (Wildman–Crippen LogP) is 5.03. The second kappa shape index (κ2) is 11.6. The highest BCUT2D eigenvalue weighted by Crippen LogP contribution is 2.37. The fourth-order valence-corrected chi connectivity index (χ4v) is 3.32. The van der Waals surface area contributed by atoms with Crippen LogP contribution in [0.25, 0.3) is 6.08 Å². The predicted molar refractivity (Wildman–Crippen MR) is 115 cm³/mol. The second-order valence-corrected chi connectivity index (χ2v) is 7.88. The summed E-state index contributed by atoms with van der Waals surface area (Å²) in [6.07, 6.45) is -0.992. The summed E-state index contributed by atoms with van der Waals surface area (Å²) in [7, 11) is -1.04. The minimum atomic E-state index is -4.61. The lowest BCUT2D eigenvalue weighted by Crippen LogP contribution is -2.47. The van der Waals surface area contributed by atoms with Gasteiger partial charge in [-0.1, -0.05) is 35.9 Å². The van der Waals surface area contributed by atoms with Gasteiger partial charge >= 0.3 is 14.9 Å². The summed E-state index contributed by atoms with van der Waals surface area (Å²) >= 11 is 5.89. The van der Waals surface area contributed by atoms with E-state index in [2.05, 4.69) is 0 Å². The largest absolute Gasteiger partial charge is 0.494 e. The van der Waals surface area contributed by atoms with Crippen molar-refractivity contribution in [3.63, 3.8) is 0 Å². The van der Waals surface area contributed by atoms with Gasteiger partial charge in [0, 0.05) is 5.02 Å². The number of nitrogens with two attached hydrogens (primary N) is 1. The van der Waals surface area contributed by atoms with Crippen LogP contribution in [0.1, 0.15) is 23.1 Å². The van der Waals surface area contributed by atoms with Crippen LogP contribution in [0.3, 0.4) is 0 Å². The van der Waals surface area contributed by atoms with Crippen LogP contribution in [0.2, 0.25) is 5.02 Å². The van der Waals surface area contributed by atoms with Crippen LogP contribution < -0.4 is 10.5 Å². The highest BCUT2D eigenvalue weighted by Gasteiger charge is 2.35. The quantitative estimate of drug-likeness (QED) is 0.445. The summed E-state index contributed by atoms with van der Waals surface area (Å²) < 4.78 is 61.1. The molecule has 0 amide bonds. The molecule has 0 bridgehead atoms. The zero-order valence-corrected chi connectivity index (χ0v) is 18.2. The average Bonchev–Trinajstić information content (AvgIpc) is 2.73. The van der Waals surface area contributed by atoms with Crippen LogP contribution in [0, 0.1) is 0 Å². The Labute approximate surface area is 184 Å². The fraction of sp³-hybridized carbons (Fsp3) is 0.333. The molecule has 2 rings (SSSR count). The minimum absolute atomic E-state index is 0.0569. The van der Waals surface area contributed by atoms with Crippen LogP contribution >= 0.6 is 20.3 Å². The molecule has 10 heteroatoms. The van der Waals surface area contributed by atoms with Gasteiger partial charge in [-0.3, -0.25) is 0 Å². The van der Waals surface area contributed by atoms with E-state index in [1.165, 1.54) is 12.1 Å². The highest BCUT2D eigenvalue weighted by molar-refractivity contribution is 7.17. The monoisotopic (exact) mass is 476 g/mol. The van der Waals surface area contributed by atoms with E-state index in [9.17, 15) is 22.8 Å². The molecule has 0 aliphatic heterocycles.